The molecule has 2 aromatic heterocycles. The van der Waals surface area contributed by atoms with Crippen LogP contribution in [0.4, 0.5) is 10.1 Å². The second-order valence-corrected chi connectivity index (χ2v) is 7.17. The highest BCUT2D eigenvalue weighted by molar-refractivity contribution is 5.92. The topological polar surface area (TPSA) is 34.0 Å². The van der Waals surface area contributed by atoms with E-state index in [1.54, 1.807) is 6.07 Å². The zero-order valence-corrected chi connectivity index (χ0v) is 15.2. The Bertz CT molecular complexity index is 958. The lowest BCUT2D eigenvalue weighted by atomic mass is 10.1. The Hall–Kier alpha value is -2.43. The number of imidazole rings is 1. The van der Waals surface area contributed by atoms with Crippen molar-refractivity contribution in [3.8, 4) is 0 Å². The number of aryl methyl sites for hydroxylation is 1. The molecule has 0 spiro atoms. The van der Waals surface area contributed by atoms with Gasteiger partial charge >= 0.3 is 0 Å². The maximum Gasteiger partial charge on any atom is 0.149 e. The van der Waals surface area contributed by atoms with Crippen LogP contribution < -0.4 is 4.90 Å². The first kappa shape index (κ1) is 16.1. The van der Waals surface area contributed by atoms with Crippen molar-refractivity contribution in [3.05, 3.63) is 53.0 Å². The number of halogens is 1. The highest BCUT2D eigenvalue weighted by Gasteiger charge is 2.25. The first-order valence-corrected chi connectivity index (χ1v) is 8.81. The van der Waals surface area contributed by atoms with E-state index in [2.05, 4.69) is 41.4 Å². The fraction of sp³-hybridized carbons (Fsp3) is 0.400. The van der Waals surface area contributed by atoms with Gasteiger partial charge in [0.25, 0.3) is 0 Å². The molecule has 0 saturated carbocycles. The molecule has 0 saturated heterocycles. The average Bonchev–Trinajstić information content (AvgIpc) is 2.92. The molecule has 0 amide bonds. The number of benzene rings is 1. The number of rotatable bonds is 2. The van der Waals surface area contributed by atoms with Gasteiger partial charge in [0.15, 0.2) is 0 Å². The van der Waals surface area contributed by atoms with Crippen LogP contribution in [-0.2, 0) is 20.0 Å². The molecule has 4 rings (SSSR count). The lowest BCUT2D eigenvalue weighted by Crippen LogP contribution is -2.31. The van der Waals surface area contributed by atoms with Crippen LogP contribution in [0, 0.1) is 12.7 Å². The zero-order valence-electron chi connectivity index (χ0n) is 15.2. The number of aromatic nitrogens is 3. The van der Waals surface area contributed by atoms with Gasteiger partial charge in [0.2, 0.25) is 0 Å². The van der Waals surface area contributed by atoms with Crippen LogP contribution in [-0.4, -0.2) is 21.1 Å². The molecule has 0 bridgehead atoms. The van der Waals surface area contributed by atoms with Crippen molar-refractivity contribution in [2.75, 3.05) is 11.4 Å². The molecule has 0 N–H and O–H groups in total. The van der Waals surface area contributed by atoms with Gasteiger partial charge in [0.05, 0.1) is 12.2 Å². The summed E-state index contributed by atoms with van der Waals surface area (Å²) in [5.41, 5.74) is 4.79. The van der Waals surface area contributed by atoms with Crippen molar-refractivity contribution in [1.29, 1.82) is 0 Å². The first-order chi connectivity index (χ1) is 12.0. The molecule has 0 fully saturated rings. The highest BCUT2D eigenvalue weighted by Crippen LogP contribution is 2.32. The van der Waals surface area contributed by atoms with E-state index in [1.165, 1.54) is 11.8 Å². The molecular formula is C20H23FN4. The van der Waals surface area contributed by atoms with Crippen molar-refractivity contribution >= 4 is 16.6 Å². The summed E-state index contributed by atoms with van der Waals surface area (Å²) in [6.07, 6.45) is 0.948. The Morgan fingerprint density at radius 3 is 2.76 bits per heavy atom. The predicted octanol–water partition coefficient (Wildman–Crippen LogP) is 4.10. The standard InChI is InChI=1S/C20H23FN4/c1-12(2)20-23-16-11-25(9-8-17(16)24(20)4)18-10-13(3)22-19-14(18)6-5-7-15(19)21/h5-7,10,12H,8-9,11H2,1-4H3. The zero-order chi connectivity index (χ0) is 17.7. The molecule has 130 valence electrons. The van der Waals surface area contributed by atoms with Gasteiger partial charge in [-0.2, -0.15) is 0 Å². The number of pyridine rings is 1. The maximum atomic E-state index is 14.2. The number of hydrogen-bond acceptors (Lipinski definition) is 3. The van der Waals surface area contributed by atoms with E-state index in [9.17, 15) is 4.39 Å². The van der Waals surface area contributed by atoms with E-state index in [0.29, 0.717) is 11.4 Å². The maximum absolute atomic E-state index is 14.2. The Balaban J connectivity index is 1.79. The molecule has 3 aromatic rings. The summed E-state index contributed by atoms with van der Waals surface area (Å²) in [4.78, 5) is 11.6. The minimum absolute atomic E-state index is 0.264. The third-order valence-electron chi connectivity index (χ3n) is 5.04. The first-order valence-electron chi connectivity index (χ1n) is 8.81. The van der Waals surface area contributed by atoms with Gasteiger partial charge in [-0.1, -0.05) is 26.0 Å². The number of nitrogens with zero attached hydrogens (tertiary/aromatic N) is 4. The molecule has 1 aromatic carbocycles. The third-order valence-corrected chi connectivity index (χ3v) is 5.04. The summed E-state index contributed by atoms with van der Waals surface area (Å²) >= 11 is 0. The molecular weight excluding hydrogens is 315 g/mol. The molecule has 0 unspecified atom stereocenters. The number of para-hydroxylation sites is 1. The monoisotopic (exact) mass is 338 g/mol. The van der Waals surface area contributed by atoms with Crippen LogP contribution in [0.3, 0.4) is 0 Å². The summed E-state index contributed by atoms with van der Waals surface area (Å²) in [5.74, 6) is 1.27. The van der Waals surface area contributed by atoms with Crippen molar-refractivity contribution in [3.63, 3.8) is 0 Å². The van der Waals surface area contributed by atoms with Gasteiger partial charge in [-0.15, -0.1) is 0 Å². The van der Waals surface area contributed by atoms with Crippen LogP contribution in [0.2, 0.25) is 0 Å². The van der Waals surface area contributed by atoms with Gasteiger partial charge in [0, 0.05) is 48.4 Å². The molecule has 3 heterocycles. The average molecular weight is 338 g/mol. The van der Waals surface area contributed by atoms with E-state index in [4.69, 9.17) is 4.98 Å². The second-order valence-electron chi connectivity index (χ2n) is 7.17. The molecule has 1 aliphatic heterocycles. The van der Waals surface area contributed by atoms with Crippen molar-refractivity contribution < 1.29 is 4.39 Å². The van der Waals surface area contributed by atoms with Gasteiger partial charge in [-0.3, -0.25) is 0 Å². The minimum atomic E-state index is -0.264. The molecule has 25 heavy (non-hydrogen) atoms. The van der Waals surface area contributed by atoms with E-state index >= 15 is 0 Å². The van der Waals surface area contributed by atoms with Crippen LogP contribution in [0.1, 0.15) is 42.7 Å². The van der Waals surface area contributed by atoms with E-state index < -0.39 is 0 Å². The van der Waals surface area contributed by atoms with Crippen LogP contribution >= 0.6 is 0 Å². The van der Waals surface area contributed by atoms with Gasteiger partial charge in [-0.05, 0) is 19.1 Å². The Morgan fingerprint density at radius 1 is 1.20 bits per heavy atom. The molecule has 4 nitrogen and oxygen atoms in total. The molecule has 0 radical (unpaired) electrons. The van der Waals surface area contributed by atoms with E-state index in [1.807, 2.05) is 13.0 Å². The minimum Gasteiger partial charge on any atom is -0.365 e. The van der Waals surface area contributed by atoms with Crippen molar-refractivity contribution in [1.82, 2.24) is 14.5 Å². The number of hydrogen-bond donors (Lipinski definition) is 0. The lowest BCUT2D eigenvalue weighted by molar-refractivity contribution is 0.636. The summed E-state index contributed by atoms with van der Waals surface area (Å²) in [5, 5.41) is 0.870. The summed E-state index contributed by atoms with van der Waals surface area (Å²) in [7, 11) is 2.11. The lowest BCUT2D eigenvalue weighted by Gasteiger charge is -2.30. The quantitative estimate of drug-likeness (QED) is 0.705. The Morgan fingerprint density at radius 2 is 2.00 bits per heavy atom. The second kappa shape index (κ2) is 5.83. The van der Waals surface area contributed by atoms with Crippen LogP contribution in [0.25, 0.3) is 10.9 Å². The molecule has 5 heteroatoms. The molecule has 0 atom stereocenters. The van der Waals surface area contributed by atoms with Gasteiger partial charge < -0.3 is 9.47 Å². The van der Waals surface area contributed by atoms with Crippen LogP contribution in [0.5, 0.6) is 0 Å². The van der Waals surface area contributed by atoms with Gasteiger partial charge in [0.1, 0.15) is 17.2 Å². The highest BCUT2D eigenvalue weighted by atomic mass is 19.1. The van der Waals surface area contributed by atoms with E-state index in [-0.39, 0.29) is 5.82 Å². The summed E-state index contributed by atoms with van der Waals surface area (Å²) < 4.78 is 16.4. The third kappa shape index (κ3) is 2.58. The fourth-order valence-electron chi connectivity index (χ4n) is 3.85. The molecule has 1 aliphatic rings. The van der Waals surface area contributed by atoms with E-state index in [0.717, 1.165) is 47.8 Å². The van der Waals surface area contributed by atoms with Crippen molar-refractivity contribution in [2.45, 2.75) is 39.7 Å². The fourth-order valence-corrected chi connectivity index (χ4v) is 3.85. The molecule has 0 aliphatic carbocycles. The Kier molecular flexibility index (Phi) is 3.74. The Labute approximate surface area is 147 Å². The summed E-state index contributed by atoms with van der Waals surface area (Å²) in [6.45, 7) is 7.93. The van der Waals surface area contributed by atoms with Crippen molar-refractivity contribution in [2.24, 2.45) is 7.05 Å². The predicted molar refractivity (Wildman–Crippen MR) is 98.5 cm³/mol. The smallest absolute Gasteiger partial charge is 0.149 e. The number of anilines is 1. The normalized spacial score (nSPS) is 14.4. The largest absolute Gasteiger partial charge is 0.365 e. The van der Waals surface area contributed by atoms with Gasteiger partial charge in [-0.25, -0.2) is 14.4 Å². The number of fused-ring (bicyclic) bond motifs is 2. The summed E-state index contributed by atoms with van der Waals surface area (Å²) in [6, 6.07) is 7.23. The SMILES string of the molecule is Cc1cc(N2CCc3c(nc(C(C)C)n3C)C2)c2cccc(F)c2n1. The van der Waals surface area contributed by atoms with Crippen LogP contribution in [0.15, 0.2) is 24.3 Å².